The second-order valence-corrected chi connectivity index (χ2v) is 5.84. The molecular formula is C14H10BrClF2N2O. The van der Waals surface area contributed by atoms with E-state index in [0.717, 1.165) is 18.5 Å². The van der Waals surface area contributed by atoms with E-state index in [1.54, 1.807) is 18.2 Å². The highest BCUT2D eigenvalue weighted by Gasteiger charge is 2.29. The number of hydrogen-bond acceptors (Lipinski definition) is 3. The Hall–Kier alpha value is -1.27. The maximum Gasteiger partial charge on any atom is 0.387 e. The minimum Gasteiger partial charge on any atom is -0.434 e. The summed E-state index contributed by atoms with van der Waals surface area (Å²) in [5.41, 5.74) is 1.21. The molecule has 1 heterocycles. The third-order valence-corrected chi connectivity index (χ3v) is 4.43. The van der Waals surface area contributed by atoms with Gasteiger partial charge in [-0.1, -0.05) is 23.7 Å². The fraction of sp³-hybridized carbons (Fsp3) is 0.286. The lowest BCUT2D eigenvalue weighted by Crippen LogP contribution is -2.04. The second-order valence-electron chi connectivity index (χ2n) is 4.69. The molecule has 3 nitrogen and oxygen atoms in total. The summed E-state index contributed by atoms with van der Waals surface area (Å²) in [4.78, 5) is 8.63. The first-order valence-corrected chi connectivity index (χ1v) is 7.50. The topological polar surface area (TPSA) is 35.0 Å². The molecule has 21 heavy (non-hydrogen) atoms. The number of alkyl halides is 2. The molecule has 0 radical (unpaired) electrons. The number of aromatic nitrogens is 2. The molecule has 0 unspecified atom stereocenters. The largest absolute Gasteiger partial charge is 0.434 e. The molecule has 1 aliphatic carbocycles. The van der Waals surface area contributed by atoms with Crippen LogP contribution in [0.4, 0.5) is 8.78 Å². The van der Waals surface area contributed by atoms with Gasteiger partial charge in [0.1, 0.15) is 10.9 Å². The molecule has 0 N–H and O–H groups in total. The van der Waals surface area contributed by atoms with Crippen LogP contribution in [-0.2, 0) is 0 Å². The van der Waals surface area contributed by atoms with Crippen LogP contribution in [0, 0.1) is 0 Å². The SMILES string of the molecule is FC(F)Oc1ccccc1-c1nc(Cl)c(Br)c(C2CC2)n1. The molecule has 0 saturated heterocycles. The molecular weight excluding hydrogens is 366 g/mol. The summed E-state index contributed by atoms with van der Waals surface area (Å²) in [6.07, 6.45) is 2.08. The van der Waals surface area contributed by atoms with Gasteiger partial charge in [-0.05, 0) is 40.9 Å². The maximum absolute atomic E-state index is 12.5. The van der Waals surface area contributed by atoms with Crippen LogP contribution >= 0.6 is 27.5 Å². The average molecular weight is 376 g/mol. The van der Waals surface area contributed by atoms with Crippen molar-refractivity contribution in [2.75, 3.05) is 0 Å². The van der Waals surface area contributed by atoms with E-state index in [9.17, 15) is 8.78 Å². The standard InChI is InChI=1S/C14H10BrClF2N2O/c15-10-11(7-5-6-7)19-13(20-12(10)16)8-3-1-2-4-9(8)21-14(17)18/h1-4,7,14H,5-6H2. The Bertz CT molecular complexity index is 680. The summed E-state index contributed by atoms with van der Waals surface area (Å²) in [6.45, 7) is -2.90. The summed E-state index contributed by atoms with van der Waals surface area (Å²) in [6, 6.07) is 6.42. The normalized spacial score (nSPS) is 14.5. The molecule has 0 spiro atoms. The predicted molar refractivity (Wildman–Crippen MR) is 78.8 cm³/mol. The van der Waals surface area contributed by atoms with Gasteiger partial charge >= 0.3 is 6.61 Å². The lowest BCUT2D eigenvalue weighted by molar-refractivity contribution is -0.0494. The van der Waals surface area contributed by atoms with Crippen molar-refractivity contribution in [3.8, 4) is 17.1 Å². The van der Waals surface area contributed by atoms with Gasteiger partial charge < -0.3 is 4.74 Å². The zero-order valence-corrected chi connectivity index (χ0v) is 13.0. The zero-order valence-electron chi connectivity index (χ0n) is 10.7. The Morgan fingerprint density at radius 2 is 1.95 bits per heavy atom. The molecule has 2 aromatic rings. The Morgan fingerprint density at radius 3 is 2.62 bits per heavy atom. The van der Waals surface area contributed by atoms with Gasteiger partial charge in [-0.3, -0.25) is 0 Å². The van der Waals surface area contributed by atoms with E-state index in [1.165, 1.54) is 6.07 Å². The summed E-state index contributed by atoms with van der Waals surface area (Å²) >= 11 is 9.49. The summed E-state index contributed by atoms with van der Waals surface area (Å²) in [5, 5.41) is 0.272. The van der Waals surface area contributed by atoms with E-state index in [4.69, 9.17) is 11.6 Å². The lowest BCUT2D eigenvalue weighted by Gasteiger charge is -2.11. The Labute approximate surface area is 133 Å². The number of ether oxygens (including phenoxy) is 1. The number of hydrogen-bond donors (Lipinski definition) is 0. The molecule has 1 aromatic heterocycles. The predicted octanol–water partition coefficient (Wildman–Crippen LogP) is 5.04. The minimum atomic E-state index is -2.90. The monoisotopic (exact) mass is 374 g/mol. The Morgan fingerprint density at radius 1 is 1.24 bits per heavy atom. The number of rotatable bonds is 4. The third-order valence-electron chi connectivity index (χ3n) is 3.14. The van der Waals surface area contributed by atoms with E-state index in [2.05, 4.69) is 30.6 Å². The van der Waals surface area contributed by atoms with Gasteiger partial charge in [-0.25, -0.2) is 9.97 Å². The van der Waals surface area contributed by atoms with Crippen molar-refractivity contribution in [2.24, 2.45) is 0 Å². The molecule has 0 aliphatic heterocycles. The van der Waals surface area contributed by atoms with Gasteiger partial charge in [0, 0.05) is 5.92 Å². The smallest absolute Gasteiger partial charge is 0.387 e. The molecule has 0 amide bonds. The van der Waals surface area contributed by atoms with Gasteiger partial charge in [-0.2, -0.15) is 8.78 Å². The van der Waals surface area contributed by atoms with Crippen molar-refractivity contribution in [2.45, 2.75) is 25.4 Å². The fourth-order valence-electron chi connectivity index (χ4n) is 2.03. The van der Waals surface area contributed by atoms with E-state index < -0.39 is 6.61 Å². The van der Waals surface area contributed by atoms with Crippen molar-refractivity contribution in [3.05, 3.63) is 39.6 Å². The summed E-state index contributed by atoms with van der Waals surface area (Å²) < 4.78 is 30.1. The van der Waals surface area contributed by atoms with Gasteiger partial charge in [0.05, 0.1) is 15.7 Å². The van der Waals surface area contributed by atoms with E-state index in [0.29, 0.717) is 21.8 Å². The number of para-hydroxylation sites is 1. The highest BCUT2D eigenvalue weighted by molar-refractivity contribution is 9.10. The van der Waals surface area contributed by atoms with Crippen LogP contribution in [0.1, 0.15) is 24.5 Å². The first-order chi connectivity index (χ1) is 10.1. The first-order valence-electron chi connectivity index (χ1n) is 6.33. The van der Waals surface area contributed by atoms with Crippen molar-refractivity contribution < 1.29 is 13.5 Å². The fourth-order valence-corrected chi connectivity index (χ4v) is 2.71. The average Bonchev–Trinajstić information content (AvgIpc) is 3.26. The highest BCUT2D eigenvalue weighted by Crippen LogP contribution is 2.44. The molecule has 110 valence electrons. The van der Waals surface area contributed by atoms with Crippen molar-refractivity contribution in [3.63, 3.8) is 0 Å². The first kappa shape index (κ1) is 14.7. The van der Waals surface area contributed by atoms with E-state index in [1.807, 2.05) is 0 Å². The van der Waals surface area contributed by atoms with E-state index >= 15 is 0 Å². The van der Waals surface area contributed by atoms with Crippen LogP contribution in [0.2, 0.25) is 5.15 Å². The van der Waals surface area contributed by atoms with Gasteiger partial charge in [0.2, 0.25) is 0 Å². The molecule has 1 fully saturated rings. The molecule has 0 atom stereocenters. The van der Waals surface area contributed by atoms with Crippen LogP contribution in [-0.4, -0.2) is 16.6 Å². The molecule has 1 saturated carbocycles. The quantitative estimate of drug-likeness (QED) is 0.702. The summed E-state index contributed by atoms with van der Waals surface area (Å²) in [5.74, 6) is 0.677. The zero-order chi connectivity index (χ0) is 15.0. The second kappa shape index (κ2) is 5.85. The van der Waals surface area contributed by atoms with Crippen LogP contribution in [0.3, 0.4) is 0 Å². The van der Waals surface area contributed by atoms with Gasteiger partial charge in [-0.15, -0.1) is 0 Å². The molecule has 0 bridgehead atoms. The van der Waals surface area contributed by atoms with E-state index in [-0.39, 0.29) is 10.9 Å². The van der Waals surface area contributed by atoms with Gasteiger partial charge in [0.15, 0.2) is 5.82 Å². The number of halogens is 4. The van der Waals surface area contributed by atoms with Gasteiger partial charge in [0.25, 0.3) is 0 Å². The van der Waals surface area contributed by atoms with Crippen LogP contribution in [0.5, 0.6) is 5.75 Å². The number of benzene rings is 1. The third kappa shape index (κ3) is 3.16. The lowest BCUT2D eigenvalue weighted by atomic mass is 10.1. The molecule has 1 aromatic carbocycles. The highest BCUT2D eigenvalue weighted by atomic mass is 79.9. The van der Waals surface area contributed by atoms with Crippen molar-refractivity contribution >= 4 is 27.5 Å². The minimum absolute atomic E-state index is 0.0348. The molecule has 1 aliphatic rings. The summed E-state index contributed by atoms with van der Waals surface area (Å²) in [7, 11) is 0. The maximum atomic E-state index is 12.5. The molecule has 3 rings (SSSR count). The Balaban J connectivity index is 2.08. The Kier molecular flexibility index (Phi) is 4.08. The number of nitrogens with zero attached hydrogens (tertiary/aromatic N) is 2. The van der Waals surface area contributed by atoms with Crippen LogP contribution in [0.15, 0.2) is 28.7 Å². The molecule has 7 heteroatoms. The van der Waals surface area contributed by atoms with Crippen molar-refractivity contribution in [1.29, 1.82) is 0 Å². The van der Waals surface area contributed by atoms with Crippen LogP contribution < -0.4 is 4.74 Å². The van der Waals surface area contributed by atoms with Crippen molar-refractivity contribution in [1.82, 2.24) is 9.97 Å². The van der Waals surface area contributed by atoms with Crippen LogP contribution in [0.25, 0.3) is 11.4 Å².